The molecule has 7 nitrogen and oxygen atoms in total. The summed E-state index contributed by atoms with van der Waals surface area (Å²) in [7, 11) is 0. The molecule has 1 heterocycles. The first-order valence-corrected chi connectivity index (χ1v) is 13.6. The molecule has 0 saturated heterocycles. The van der Waals surface area contributed by atoms with Gasteiger partial charge in [0.05, 0.1) is 17.5 Å². The zero-order valence-corrected chi connectivity index (χ0v) is 24.5. The van der Waals surface area contributed by atoms with Crippen molar-refractivity contribution >= 4 is 23.0 Å². The van der Waals surface area contributed by atoms with E-state index < -0.39 is 0 Å². The molecule has 2 N–H and O–H groups in total. The third kappa shape index (κ3) is 10.2. The Morgan fingerprint density at radius 2 is 1.79 bits per heavy atom. The first kappa shape index (κ1) is 31.6. The quantitative estimate of drug-likeness (QED) is 0.226. The lowest BCUT2D eigenvalue weighted by Gasteiger charge is -2.19. The lowest BCUT2D eigenvalue weighted by atomic mass is 9.89. The molecule has 0 aliphatic carbocycles. The van der Waals surface area contributed by atoms with Gasteiger partial charge in [-0.3, -0.25) is 9.79 Å². The van der Waals surface area contributed by atoms with Crippen molar-refractivity contribution in [3.05, 3.63) is 77.3 Å². The molecule has 0 spiro atoms. The van der Waals surface area contributed by atoms with Gasteiger partial charge < -0.3 is 15.2 Å². The summed E-state index contributed by atoms with van der Waals surface area (Å²) in [6, 6.07) is 16.1. The summed E-state index contributed by atoms with van der Waals surface area (Å²) in [5.41, 5.74) is 5.15. The molecule has 3 rings (SSSR count). The van der Waals surface area contributed by atoms with Gasteiger partial charge in [-0.1, -0.05) is 71.0 Å². The van der Waals surface area contributed by atoms with E-state index in [9.17, 15) is 9.90 Å². The van der Waals surface area contributed by atoms with Crippen molar-refractivity contribution in [1.82, 2.24) is 15.3 Å². The maximum Gasteiger partial charge on any atom is 0.225 e. The SMILES string of the molecule is CCC(CO)Oc1nc(Cc2ccccc2C)nc2ccccc12.CCCN=C(/C=C(\C)NC=O)C(C)(C)C. The maximum absolute atomic E-state index is 10.3. The molecule has 1 unspecified atom stereocenters. The normalized spacial score (nSPS) is 12.9. The van der Waals surface area contributed by atoms with Crippen molar-refractivity contribution < 1.29 is 14.6 Å². The van der Waals surface area contributed by atoms with Crippen LogP contribution in [0.15, 0.2) is 65.3 Å². The number of carbonyl (C=O) groups excluding carboxylic acids is 1. The fourth-order valence-electron chi connectivity index (χ4n) is 3.72. The number of aliphatic hydroxyl groups is 1. The molecule has 210 valence electrons. The van der Waals surface area contributed by atoms with Crippen molar-refractivity contribution in [2.45, 2.75) is 73.8 Å². The molecular weight excluding hydrogens is 488 g/mol. The smallest absolute Gasteiger partial charge is 0.225 e. The Kier molecular flexibility index (Phi) is 12.8. The highest BCUT2D eigenvalue weighted by Gasteiger charge is 2.17. The summed E-state index contributed by atoms with van der Waals surface area (Å²) in [6.45, 7) is 15.2. The fraction of sp³-hybridized carbons (Fsp3) is 0.438. The molecule has 1 amide bonds. The van der Waals surface area contributed by atoms with E-state index in [1.54, 1.807) is 0 Å². The number of aliphatic imine (C=N–C) groups is 1. The molecule has 3 aromatic rings. The van der Waals surface area contributed by atoms with E-state index in [1.165, 1.54) is 11.1 Å². The van der Waals surface area contributed by atoms with E-state index in [-0.39, 0.29) is 18.1 Å². The minimum absolute atomic E-state index is 0.0149. The van der Waals surface area contributed by atoms with Gasteiger partial charge in [-0.15, -0.1) is 0 Å². The average molecular weight is 533 g/mol. The lowest BCUT2D eigenvalue weighted by molar-refractivity contribution is -0.108. The predicted octanol–water partition coefficient (Wildman–Crippen LogP) is 6.21. The molecule has 1 aromatic heterocycles. The first-order chi connectivity index (χ1) is 18.6. The topological polar surface area (TPSA) is 96.7 Å². The summed E-state index contributed by atoms with van der Waals surface area (Å²) < 4.78 is 5.93. The molecule has 0 saturated carbocycles. The number of fused-ring (bicyclic) bond motifs is 1. The Hall–Kier alpha value is -3.58. The summed E-state index contributed by atoms with van der Waals surface area (Å²) in [5.74, 6) is 1.27. The van der Waals surface area contributed by atoms with Gasteiger partial charge in [0, 0.05) is 29.8 Å². The minimum Gasteiger partial charge on any atom is -0.471 e. The molecule has 39 heavy (non-hydrogen) atoms. The Labute approximate surface area is 233 Å². The van der Waals surface area contributed by atoms with Crippen LogP contribution in [0, 0.1) is 12.3 Å². The number of amides is 1. The summed E-state index contributed by atoms with van der Waals surface area (Å²) in [6.07, 6.45) is 4.78. The second-order valence-corrected chi connectivity index (χ2v) is 10.5. The van der Waals surface area contributed by atoms with Gasteiger partial charge in [0.2, 0.25) is 12.3 Å². The number of aryl methyl sites for hydroxylation is 1. The molecular formula is C32H44N4O3. The van der Waals surface area contributed by atoms with E-state index >= 15 is 0 Å². The lowest BCUT2D eigenvalue weighted by Crippen LogP contribution is -2.21. The Morgan fingerprint density at radius 1 is 1.10 bits per heavy atom. The van der Waals surface area contributed by atoms with Crippen molar-refractivity contribution in [2.75, 3.05) is 13.2 Å². The van der Waals surface area contributed by atoms with Gasteiger partial charge in [-0.2, -0.15) is 4.98 Å². The zero-order valence-electron chi connectivity index (χ0n) is 24.5. The molecule has 0 bridgehead atoms. The standard InChI is InChI=1S/C20H22N2O2.C12H22N2O/c1-3-16(13-23)24-20-17-10-6-7-11-18(17)21-19(22-20)12-15-9-5-4-8-14(15)2;1-6-7-13-11(12(3,4)5)8-10(2)14-9-15/h4-11,16,23H,3,12-13H2,1-2H3;8-9H,6-7H2,1-5H3,(H,14,15)/b;10-8+,13-11?. The molecule has 1 atom stereocenters. The van der Waals surface area contributed by atoms with Gasteiger partial charge in [-0.25, -0.2) is 4.98 Å². The maximum atomic E-state index is 10.3. The van der Waals surface area contributed by atoms with E-state index in [0.717, 1.165) is 47.5 Å². The van der Waals surface area contributed by atoms with Gasteiger partial charge in [0.15, 0.2) is 0 Å². The first-order valence-electron chi connectivity index (χ1n) is 13.6. The van der Waals surface area contributed by atoms with E-state index in [1.807, 2.05) is 56.3 Å². The van der Waals surface area contributed by atoms with Crippen LogP contribution in [-0.4, -0.2) is 46.5 Å². The van der Waals surface area contributed by atoms with E-state index in [4.69, 9.17) is 4.74 Å². The number of rotatable bonds is 11. The van der Waals surface area contributed by atoms with Crippen LogP contribution in [0.1, 0.15) is 71.3 Å². The summed E-state index contributed by atoms with van der Waals surface area (Å²) in [4.78, 5) is 24.1. The van der Waals surface area contributed by atoms with Crippen LogP contribution < -0.4 is 10.1 Å². The summed E-state index contributed by atoms with van der Waals surface area (Å²) in [5, 5.41) is 12.9. The van der Waals surface area contributed by atoms with E-state index in [0.29, 0.717) is 18.7 Å². The number of hydrogen-bond donors (Lipinski definition) is 2. The third-order valence-electron chi connectivity index (χ3n) is 6.08. The van der Waals surface area contributed by atoms with Crippen molar-refractivity contribution in [2.24, 2.45) is 10.4 Å². The Bertz CT molecular complexity index is 1260. The van der Waals surface area contributed by atoms with Crippen molar-refractivity contribution in [3.8, 4) is 5.88 Å². The van der Waals surface area contributed by atoms with Gasteiger partial charge >= 0.3 is 0 Å². The largest absolute Gasteiger partial charge is 0.471 e. The highest BCUT2D eigenvalue weighted by molar-refractivity contribution is 5.99. The number of carbonyl (C=O) groups is 1. The van der Waals surface area contributed by atoms with Crippen LogP contribution in [-0.2, 0) is 11.2 Å². The number of ether oxygens (including phenoxy) is 1. The number of para-hydroxylation sites is 1. The number of benzene rings is 2. The highest BCUT2D eigenvalue weighted by atomic mass is 16.5. The number of nitrogens with one attached hydrogen (secondary N) is 1. The van der Waals surface area contributed by atoms with Crippen LogP contribution in [0.2, 0.25) is 0 Å². The van der Waals surface area contributed by atoms with Gasteiger partial charge in [0.1, 0.15) is 11.9 Å². The fourth-order valence-corrected chi connectivity index (χ4v) is 3.72. The van der Waals surface area contributed by atoms with Crippen LogP contribution >= 0.6 is 0 Å². The number of nitrogens with zero attached hydrogens (tertiary/aromatic N) is 3. The number of aliphatic hydroxyl groups excluding tert-OH is 1. The van der Waals surface area contributed by atoms with Crippen molar-refractivity contribution in [3.63, 3.8) is 0 Å². The molecule has 2 aromatic carbocycles. The molecule has 0 fully saturated rings. The van der Waals surface area contributed by atoms with Gasteiger partial charge in [-0.05, 0) is 56.0 Å². The third-order valence-corrected chi connectivity index (χ3v) is 6.08. The number of aromatic nitrogens is 2. The van der Waals surface area contributed by atoms with Crippen LogP contribution in [0.4, 0.5) is 0 Å². The van der Waals surface area contributed by atoms with Crippen LogP contribution in [0.25, 0.3) is 10.9 Å². The second-order valence-electron chi connectivity index (χ2n) is 10.5. The number of hydrogen-bond acceptors (Lipinski definition) is 6. The van der Waals surface area contributed by atoms with Crippen molar-refractivity contribution in [1.29, 1.82) is 0 Å². The number of allylic oxidation sites excluding steroid dienone is 2. The average Bonchev–Trinajstić information content (AvgIpc) is 2.90. The Balaban J connectivity index is 0.000000309. The highest BCUT2D eigenvalue weighted by Crippen LogP contribution is 2.25. The summed E-state index contributed by atoms with van der Waals surface area (Å²) >= 11 is 0. The molecule has 0 radical (unpaired) electrons. The molecule has 0 aliphatic heterocycles. The van der Waals surface area contributed by atoms with Crippen LogP contribution in [0.3, 0.4) is 0 Å². The second kappa shape index (κ2) is 15.7. The molecule has 7 heteroatoms. The minimum atomic E-state index is -0.255. The van der Waals surface area contributed by atoms with Gasteiger partial charge in [0.25, 0.3) is 0 Å². The zero-order chi connectivity index (χ0) is 28.8. The Morgan fingerprint density at radius 3 is 2.41 bits per heavy atom. The van der Waals surface area contributed by atoms with E-state index in [2.05, 4.69) is 67.0 Å². The molecule has 0 aliphatic rings. The monoisotopic (exact) mass is 532 g/mol. The van der Waals surface area contributed by atoms with Crippen LogP contribution in [0.5, 0.6) is 5.88 Å². The predicted molar refractivity (Wildman–Crippen MR) is 160 cm³/mol.